The third-order valence-electron chi connectivity index (χ3n) is 3.10. The average molecular weight is 212 g/mol. The molecular weight excluding hydrogens is 184 g/mol. The van der Waals surface area contributed by atoms with Gasteiger partial charge in [0.25, 0.3) is 0 Å². The summed E-state index contributed by atoms with van der Waals surface area (Å²) in [4.78, 5) is 2.61. The molecule has 15 heavy (non-hydrogen) atoms. The van der Waals surface area contributed by atoms with Crippen molar-refractivity contribution in [3.8, 4) is 0 Å². The molecule has 1 aliphatic heterocycles. The Morgan fingerprint density at radius 3 is 2.60 bits per heavy atom. The van der Waals surface area contributed by atoms with E-state index in [4.69, 9.17) is 0 Å². The van der Waals surface area contributed by atoms with Gasteiger partial charge in [-0.15, -0.1) is 0 Å². The molecule has 1 unspecified atom stereocenters. The van der Waals surface area contributed by atoms with Crippen LogP contribution in [0.1, 0.15) is 47.0 Å². The van der Waals surface area contributed by atoms with E-state index in [1.54, 1.807) is 0 Å². The van der Waals surface area contributed by atoms with Crippen molar-refractivity contribution in [2.24, 2.45) is 5.92 Å². The van der Waals surface area contributed by atoms with E-state index < -0.39 is 0 Å². The van der Waals surface area contributed by atoms with E-state index >= 15 is 0 Å². The summed E-state index contributed by atoms with van der Waals surface area (Å²) in [7, 11) is 0. The molecule has 1 rings (SSSR count). The van der Waals surface area contributed by atoms with E-state index in [1.165, 1.54) is 38.9 Å². The van der Waals surface area contributed by atoms with Crippen molar-refractivity contribution in [2.75, 3.05) is 19.6 Å². The number of hydrogen-bond acceptors (Lipinski definition) is 2. The highest BCUT2D eigenvalue weighted by atomic mass is 15.2. The van der Waals surface area contributed by atoms with Crippen LogP contribution >= 0.6 is 0 Å². The standard InChI is InChI=1S/C13H28N2/c1-11(2)6-5-8-15-9-7-13(10-15)14-12(3)4/h11-14H,5-10H2,1-4H3. The normalized spacial score (nSPS) is 23.2. The maximum Gasteiger partial charge on any atom is 0.0209 e. The van der Waals surface area contributed by atoms with Crippen LogP contribution in [-0.2, 0) is 0 Å². The fraction of sp³-hybridized carbons (Fsp3) is 1.00. The Hall–Kier alpha value is -0.0800. The van der Waals surface area contributed by atoms with Gasteiger partial charge in [0.05, 0.1) is 0 Å². The van der Waals surface area contributed by atoms with Crippen LogP contribution in [0.4, 0.5) is 0 Å². The molecule has 2 heteroatoms. The minimum Gasteiger partial charge on any atom is -0.310 e. The quantitative estimate of drug-likeness (QED) is 0.728. The maximum absolute atomic E-state index is 3.63. The van der Waals surface area contributed by atoms with Gasteiger partial charge in [0.2, 0.25) is 0 Å². The van der Waals surface area contributed by atoms with E-state index in [-0.39, 0.29) is 0 Å². The summed E-state index contributed by atoms with van der Waals surface area (Å²) in [6.07, 6.45) is 4.07. The van der Waals surface area contributed by atoms with Crippen LogP contribution < -0.4 is 5.32 Å². The van der Waals surface area contributed by atoms with E-state index in [2.05, 4.69) is 37.9 Å². The van der Waals surface area contributed by atoms with Crippen molar-refractivity contribution in [1.29, 1.82) is 0 Å². The molecule has 0 spiro atoms. The Bertz CT molecular complexity index is 166. The Labute approximate surface area is 95.4 Å². The van der Waals surface area contributed by atoms with Crippen LogP contribution in [0.2, 0.25) is 0 Å². The summed E-state index contributed by atoms with van der Waals surface area (Å²) in [5.41, 5.74) is 0. The van der Waals surface area contributed by atoms with Crippen molar-refractivity contribution in [1.82, 2.24) is 10.2 Å². The topological polar surface area (TPSA) is 15.3 Å². The zero-order valence-electron chi connectivity index (χ0n) is 10.9. The molecular formula is C13H28N2. The predicted octanol–water partition coefficient (Wildman–Crippen LogP) is 2.49. The van der Waals surface area contributed by atoms with Crippen LogP contribution in [0.3, 0.4) is 0 Å². The van der Waals surface area contributed by atoms with Gasteiger partial charge in [-0.25, -0.2) is 0 Å². The summed E-state index contributed by atoms with van der Waals surface area (Å²) in [6.45, 7) is 13.0. The van der Waals surface area contributed by atoms with E-state index in [1.807, 2.05) is 0 Å². The monoisotopic (exact) mass is 212 g/mol. The highest BCUT2D eigenvalue weighted by molar-refractivity contribution is 4.81. The average Bonchev–Trinajstić information content (AvgIpc) is 2.50. The van der Waals surface area contributed by atoms with Crippen molar-refractivity contribution >= 4 is 0 Å². The van der Waals surface area contributed by atoms with Gasteiger partial charge in [0.15, 0.2) is 0 Å². The molecule has 1 saturated heterocycles. The summed E-state index contributed by atoms with van der Waals surface area (Å²) in [6, 6.07) is 1.37. The molecule has 1 heterocycles. The lowest BCUT2D eigenvalue weighted by atomic mass is 10.1. The lowest BCUT2D eigenvalue weighted by Gasteiger charge is -2.18. The number of nitrogens with one attached hydrogen (secondary N) is 1. The number of likely N-dealkylation sites (tertiary alicyclic amines) is 1. The molecule has 0 aromatic heterocycles. The van der Waals surface area contributed by atoms with E-state index in [9.17, 15) is 0 Å². The Balaban J connectivity index is 2.08. The van der Waals surface area contributed by atoms with Gasteiger partial charge in [0.1, 0.15) is 0 Å². The van der Waals surface area contributed by atoms with Crippen LogP contribution in [-0.4, -0.2) is 36.6 Å². The third kappa shape index (κ3) is 5.53. The van der Waals surface area contributed by atoms with Gasteiger partial charge in [-0.2, -0.15) is 0 Å². The second-order valence-corrected chi connectivity index (χ2v) is 5.64. The smallest absolute Gasteiger partial charge is 0.0209 e. The molecule has 2 nitrogen and oxygen atoms in total. The SMILES string of the molecule is CC(C)CCCN1CCC(NC(C)C)C1. The molecule has 1 fully saturated rings. The molecule has 1 atom stereocenters. The molecule has 0 bridgehead atoms. The molecule has 0 aromatic carbocycles. The van der Waals surface area contributed by atoms with Gasteiger partial charge in [-0.1, -0.05) is 27.7 Å². The molecule has 0 saturated carbocycles. The maximum atomic E-state index is 3.63. The Morgan fingerprint density at radius 2 is 2.00 bits per heavy atom. The Morgan fingerprint density at radius 1 is 1.27 bits per heavy atom. The molecule has 0 amide bonds. The minimum atomic E-state index is 0.630. The van der Waals surface area contributed by atoms with Crippen molar-refractivity contribution < 1.29 is 0 Å². The van der Waals surface area contributed by atoms with Gasteiger partial charge in [-0.3, -0.25) is 0 Å². The summed E-state index contributed by atoms with van der Waals surface area (Å²) in [5, 5.41) is 3.63. The fourth-order valence-corrected chi connectivity index (χ4v) is 2.37. The van der Waals surface area contributed by atoms with Crippen molar-refractivity contribution in [2.45, 2.75) is 59.0 Å². The number of hydrogen-bond donors (Lipinski definition) is 1. The van der Waals surface area contributed by atoms with Crippen molar-refractivity contribution in [3.63, 3.8) is 0 Å². The highest BCUT2D eigenvalue weighted by Gasteiger charge is 2.21. The van der Waals surface area contributed by atoms with Crippen LogP contribution in [0.15, 0.2) is 0 Å². The largest absolute Gasteiger partial charge is 0.310 e. The molecule has 90 valence electrons. The van der Waals surface area contributed by atoms with E-state index in [0.29, 0.717) is 6.04 Å². The zero-order chi connectivity index (χ0) is 11.3. The lowest BCUT2D eigenvalue weighted by Crippen LogP contribution is -2.37. The van der Waals surface area contributed by atoms with Gasteiger partial charge < -0.3 is 10.2 Å². The summed E-state index contributed by atoms with van der Waals surface area (Å²) in [5.74, 6) is 0.859. The van der Waals surface area contributed by atoms with E-state index in [0.717, 1.165) is 12.0 Å². The first-order valence-electron chi connectivity index (χ1n) is 6.56. The first kappa shape index (κ1) is 13.0. The second kappa shape index (κ2) is 6.49. The van der Waals surface area contributed by atoms with Crippen LogP contribution in [0, 0.1) is 5.92 Å². The second-order valence-electron chi connectivity index (χ2n) is 5.64. The molecule has 0 aromatic rings. The molecule has 1 N–H and O–H groups in total. The molecule has 0 radical (unpaired) electrons. The van der Waals surface area contributed by atoms with Crippen LogP contribution in [0.25, 0.3) is 0 Å². The highest BCUT2D eigenvalue weighted by Crippen LogP contribution is 2.12. The van der Waals surface area contributed by atoms with Gasteiger partial charge in [0, 0.05) is 18.6 Å². The lowest BCUT2D eigenvalue weighted by molar-refractivity contribution is 0.309. The summed E-state index contributed by atoms with van der Waals surface area (Å²) < 4.78 is 0. The summed E-state index contributed by atoms with van der Waals surface area (Å²) >= 11 is 0. The Kier molecular flexibility index (Phi) is 5.62. The third-order valence-corrected chi connectivity index (χ3v) is 3.10. The number of rotatable bonds is 6. The molecule has 1 aliphatic rings. The predicted molar refractivity (Wildman–Crippen MR) is 67.2 cm³/mol. The fourth-order valence-electron chi connectivity index (χ4n) is 2.37. The minimum absolute atomic E-state index is 0.630. The van der Waals surface area contributed by atoms with Crippen LogP contribution in [0.5, 0.6) is 0 Å². The van der Waals surface area contributed by atoms with Gasteiger partial charge in [-0.05, 0) is 38.3 Å². The first-order valence-corrected chi connectivity index (χ1v) is 6.56. The molecule has 0 aliphatic carbocycles. The first-order chi connectivity index (χ1) is 7.08. The number of nitrogens with zero attached hydrogens (tertiary/aromatic N) is 1. The van der Waals surface area contributed by atoms with Crippen molar-refractivity contribution in [3.05, 3.63) is 0 Å². The zero-order valence-corrected chi connectivity index (χ0v) is 10.9. The van der Waals surface area contributed by atoms with Gasteiger partial charge >= 0.3 is 0 Å².